The molecule has 1 saturated heterocycles. The number of hydrogen-bond donors (Lipinski definition) is 0. The maximum atomic E-state index is 12.7. The highest BCUT2D eigenvalue weighted by Gasteiger charge is 2.37. The maximum Gasteiger partial charge on any atom is 0.414 e. The second-order valence-corrected chi connectivity index (χ2v) is 9.74. The lowest BCUT2D eigenvalue weighted by Crippen LogP contribution is -2.50. The molecule has 0 unspecified atom stereocenters. The van der Waals surface area contributed by atoms with Gasteiger partial charge in [-0.25, -0.2) is 13.2 Å². The first-order chi connectivity index (χ1) is 12.5. The number of sulfonamides is 1. The Morgan fingerprint density at radius 2 is 1.96 bits per heavy atom. The van der Waals surface area contributed by atoms with Crippen molar-refractivity contribution in [1.82, 2.24) is 4.31 Å². The normalized spacial score (nSPS) is 19.2. The fourth-order valence-electron chi connectivity index (χ4n) is 3.60. The molecule has 6 nitrogen and oxygen atoms in total. The summed E-state index contributed by atoms with van der Waals surface area (Å²) in [5.41, 5.74) is 3.00. The van der Waals surface area contributed by atoms with E-state index in [0.717, 1.165) is 16.7 Å². The molecule has 3 heterocycles. The molecule has 1 aromatic carbocycles. The molecule has 4 rings (SSSR count). The number of rotatable bonds is 3. The summed E-state index contributed by atoms with van der Waals surface area (Å²) < 4.78 is 32.5. The average molecular weight is 390 g/mol. The molecule has 0 N–H and O–H groups in total. The fraction of sp³-hybridized carbons (Fsp3) is 0.353. The van der Waals surface area contributed by atoms with Crippen molar-refractivity contribution < 1.29 is 17.9 Å². The predicted molar refractivity (Wildman–Crippen MR) is 103 cm³/mol. The van der Waals surface area contributed by atoms with Crippen molar-refractivity contribution in [3.8, 4) is 0 Å². The Morgan fingerprint density at radius 1 is 1.19 bits per heavy atom. The van der Waals surface area contributed by atoms with E-state index in [1.54, 1.807) is 22.4 Å². The molecular weight excluding hydrogens is 371 g/mol. The van der Waals surface area contributed by atoms with Crippen molar-refractivity contribution in [3.05, 3.63) is 41.3 Å². The summed E-state index contributed by atoms with van der Waals surface area (Å²) in [4.78, 5) is 14.1. The van der Waals surface area contributed by atoms with Gasteiger partial charge in [0.2, 0.25) is 0 Å². The number of nitrogens with zero attached hydrogens (tertiary/aromatic N) is 2. The van der Waals surface area contributed by atoms with Gasteiger partial charge in [-0.05, 0) is 30.4 Å². The highest BCUT2D eigenvalue weighted by molar-refractivity contribution is 7.91. The van der Waals surface area contributed by atoms with Crippen molar-refractivity contribution in [1.29, 1.82) is 0 Å². The molecule has 2 aliphatic heterocycles. The van der Waals surface area contributed by atoms with Crippen LogP contribution in [0, 0.1) is 0 Å². The molecule has 0 atom stereocenters. The van der Waals surface area contributed by atoms with Crippen LogP contribution in [0.25, 0.3) is 0 Å². The number of amides is 1. The van der Waals surface area contributed by atoms with Gasteiger partial charge in [-0.3, -0.25) is 4.90 Å². The number of benzene rings is 1. The van der Waals surface area contributed by atoms with Crippen LogP contribution in [-0.4, -0.2) is 45.8 Å². The number of hydrogen-bond acceptors (Lipinski definition) is 5. The van der Waals surface area contributed by atoms with Crippen molar-refractivity contribution in [3.63, 3.8) is 0 Å². The zero-order valence-electron chi connectivity index (χ0n) is 14.4. The molecular formula is C17H19BN2O4S2. The van der Waals surface area contributed by atoms with Crippen LogP contribution in [0.5, 0.6) is 0 Å². The Morgan fingerprint density at radius 3 is 2.65 bits per heavy atom. The molecule has 136 valence electrons. The van der Waals surface area contributed by atoms with Crippen LogP contribution in [0.1, 0.15) is 18.4 Å². The first-order valence-electron chi connectivity index (χ1n) is 8.56. The summed E-state index contributed by atoms with van der Waals surface area (Å²) in [6, 6.07) is 9.30. The van der Waals surface area contributed by atoms with Crippen LogP contribution in [0.15, 0.2) is 39.9 Å². The summed E-state index contributed by atoms with van der Waals surface area (Å²) in [6.45, 7) is 1.09. The zero-order chi connectivity index (χ0) is 18.3. The third-order valence-corrected chi connectivity index (χ3v) is 8.19. The topological polar surface area (TPSA) is 66.9 Å². The molecule has 1 amide bonds. The summed E-state index contributed by atoms with van der Waals surface area (Å²) in [7, 11) is -1.43. The molecule has 0 spiro atoms. The molecule has 0 saturated carbocycles. The number of carbonyl (C=O) groups excluding carboxylic acids is 1. The Hall–Kier alpha value is -1.84. The molecule has 26 heavy (non-hydrogen) atoms. The first-order valence-corrected chi connectivity index (χ1v) is 10.9. The van der Waals surface area contributed by atoms with Gasteiger partial charge in [-0.15, -0.1) is 11.3 Å². The fourth-order valence-corrected chi connectivity index (χ4v) is 6.21. The van der Waals surface area contributed by atoms with Crippen LogP contribution in [0.4, 0.5) is 10.5 Å². The predicted octanol–water partition coefficient (Wildman–Crippen LogP) is 1.32. The maximum absolute atomic E-state index is 12.7. The van der Waals surface area contributed by atoms with E-state index in [0.29, 0.717) is 30.1 Å². The van der Waals surface area contributed by atoms with E-state index in [1.807, 2.05) is 26.0 Å². The number of thiophene rings is 1. The van der Waals surface area contributed by atoms with Gasteiger partial charge in [-0.1, -0.05) is 23.7 Å². The van der Waals surface area contributed by atoms with E-state index >= 15 is 0 Å². The number of piperidine rings is 1. The Labute approximate surface area is 157 Å². The second kappa shape index (κ2) is 6.72. The van der Waals surface area contributed by atoms with E-state index in [4.69, 9.17) is 4.74 Å². The van der Waals surface area contributed by atoms with E-state index in [9.17, 15) is 13.2 Å². The molecule has 0 aliphatic carbocycles. The van der Waals surface area contributed by atoms with Crippen LogP contribution >= 0.6 is 11.3 Å². The van der Waals surface area contributed by atoms with E-state index in [2.05, 4.69) is 0 Å². The number of carbonyl (C=O) groups is 1. The summed E-state index contributed by atoms with van der Waals surface area (Å²) in [6.07, 6.45) is 0.834. The monoisotopic (exact) mass is 390 g/mol. The zero-order valence-corrected chi connectivity index (χ0v) is 16.1. The highest BCUT2D eigenvalue weighted by atomic mass is 32.2. The third kappa shape index (κ3) is 3.04. The van der Waals surface area contributed by atoms with Crippen molar-refractivity contribution in [2.75, 3.05) is 18.0 Å². The van der Waals surface area contributed by atoms with Gasteiger partial charge in [0.25, 0.3) is 10.0 Å². The van der Waals surface area contributed by atoms with Crippen LogP contribution in [0.2, 0.25) is 0 Å². The van der Waals surface area contributed by atoms with Crippen LogP contribution in [-0.2, 0) is 21.4 Å². The van der Waals surface area contributed by atoms with Crippen molar-refractivity contribution in [2.24, 2.45) is 0 Å². The van der Waals surface area contributed by atoms with Gasteiger partial charge in [-0.2, -0.15) is 4.31 Å². The van der Waals surface area contributed by atoms with Gasteiger partial charge in [0.1, 0.15) is 18.7 Å². The van der Waals surface area contributed by atoms with E-state index in [-0.39, 0.29) is 18.7 Å². The Balaban J connectivity index is 1.53. The van der Waals surface area contributed by atoms with E-state index < -0.39 is 10.0 Å². The highest BCUT2D eigenvalue weighted by Crippen LogP contribution is 2.32. The smallest absolute Gasteiger partial charge is 0.414 e. The summed E-state index contributed by atoms with van der Waals surface area (Å²) in [5.74, 6) is 0. The Kier molecular flexibility index (Phi) is 4.54. The van der Waals surface area contributed by atoms with Crippen LogP contribution in [0.3, 0.4) is 0 Å². The molecule has 1 fully saturated rings. The van der Waals surface area contributed by atoms with Gasteiger partial charge in [0, 0.05) is 24.7 Å². The molecule has 1 aromatic heterocycles. The largest absolute Gasteiger partial charge is 0.444 e. The lowest BCUT2D eigenvalue weighted by atomic mass is 9.92. The minimum Gasteiger partial charge on any atom is -0.444 e. The Bertz CT molecular complexity index is 922. The molecule has 0 bridgehead atoms. The van der Waals surface area contributed by atoms with Gasteiger partial charge >= 0.3 is 6.09 Å². The van der Waals surface area contributed by atoms with Gasteiger partial charge < -0.3 is 4.74 Å². The van der Waals surface area contributed by atoms with Crippen molar-refractivity contribution in [2.45, 2.75) is 29.7 Å². The second-order valence-electron chi connectivity index (χ2n) is 6.62. The SMILES string of the molecule is Bc1ccc2c(c1)COC(=O)N2C1CCN(S(=O)(=O)c2cccs2)CC1. The quantitative estimate of drug-likeness (QED) is 0.742. The summed E-state index contributed by atoms with van der Waals surface area (Å²) in [5, 5.41) is 1.77. The summed E-state index contributed by atoms with van der Waals surface area (Å²) >= 11 is 1.23. The number of cyclic esters (lactones) is 1. The standard InChI is InChI=1S/C17H19BN2O4S2/c18-13-3-4-15-12(10-13)11-24-17(21)20(15)14-5-7-19(8-6-14)26(22,23)16-2-1-9-25-16/h1-4,9-10,14H,5-8,11,18H2. The van der Waals surface area contributed by atoms with E-state index in [1.165, 1.54) is 15.6 Å². The molecule has 0 radical (unpaired) electrons. The number of anilines is 1. The molecule has 2 aromatic rings. The molecule has 2 aliphatic rings. The lowest BCUT2D eigenvalue weighted by molar-refractivity contribution is 0.136. The lowest BCUT2D eigenvalue weighted by Gasteiger charge is -2.39. The number of fused-ring (bicyclic) bond motifs is 1. The number of ether oxygens (including phenoxy) is 1. The average Bonchev–Trinajstić information content (AvgIpc) is 3.17. The molecule has 9 heteroatoms. The minimum atomic E-state index is -3.44. The van der Waals surface area contributed by atoms with Crippen molar-refractivity contribution >= 4 is 46.4 Å². The van der Waals surface area contributed by atoms with Gasteiger partial charge in [0.15, 0.2) is 0 Å². The van der Waals surface area contributed by atoms with Gasteiger partial charge in [0.05, 0.1) is 5.69 Å². The minimum absolute atomic E-state index is 0.0564. The first kappa shape index (κ1) is 17.6. The third-order valence-electron chi connectivity index (χ3n) is 4.92. The van der Waals surface area contributed by atoms with Crippen LogP contribution < -0.4 is 10.4 Å².